The number of carbonyl (C=O) groups excluding carboxylic acids is 1. The number of amides is 1. The second kappa shape index (κ2) is 10.9. The standard InChI is InChI=1S/C29H30N6O5/c36-29(30-23-7-3-5-20-4-1-2-6-22(20)23)40-25-18-39-26-24(17-38-27(25)26)35-28(31-32-33-35)21-10-8-19(9-11-21)16-34-12-14-37-15-13-34/h1-11,24-27H,12-18H2,(H,30,36)/p+1/t24-,25+,26+,27+/m0/s1. The molecule has 1 aromatic heterocycles. The first-order chi connectivity index (χ1) is 19.7. The lowest BCUT2D eigenvalue weighted by molar-refractivity contribution is -0.921. The van der Waals surface area contributed by atoms with Crippen LogP contribution in [0.15, 0.2) is 66.7 Å². The van der Waals surface area contributed by atoms with Crippen molar-refractivity contribution >= 4 is 22.6 Å². The number of hydrogen-bond acceptors (Lipinski definition) is 8. The third kappa shape index (κ3) is 4.92. The number of morpholine rings is 1. The van der Waals surface area contributed by atoms with Gasteiger partial charge in [-0.05, 0) is 21.9 Å². The second-order valence-electron chi connectivity index (χ2n) is 10.4. The molecule has 4 atom stereocenters. The van der Waals surface area contributed by atoms with Crippen LogP contribution in [0.1, 0.15) is 11.6 Å². The van der Waals surface area contributed by atoms with Crippen molar-refractivity contribution in [3.8, 4) is 11.4 Å². The van der Waals surface area contributed by atoms with Crippen LogP contribution in [0.5, 0.6) is 0 Å². The van der Waals surface area contributed by atoms with Gasteiger partial charge in [0.05, 0.1) is 32.1 Å². The van der Waals surface area contributed by atoms with Crippen molar-refractivity contribution in [3.63, 3.8) is 0 Å². The van der Waals surface area contributed by atoms with Crippen molar-refractivity contribution in [1.82, 2.24) is 20.2 Å². The maximum absolute atomic E-state index is 12.8. The number of hydrogen-bond donors (Lipinski definition) is 2. The number of aromatic nitrogens is 4. The third-order valence-electron chi connectivity index (χ3n) is 7.94. The van der Waals surface area contributed by atoms with Crippen LogP contribution in [-0.4, -0.2) is 84.1 Å². The fourth-order valence-electron chi connectivity index (χ4n) is 5.87. The summed E-state index contributed by atoms with van der Waals surface area (Å²) in [6.45, 7) is 5.26. The van der Waals surface area contributed by atoms with Gasteiger partial charge in [0.15, 0.2) is 11.9 Å². The minimum atomic E-state index is -0.542. The molecular formula is C29H31N6O5+. The average Bonchev–Trinajstić information content (AvgIpc) is 3.72. The van der Waals surface area contributed by atoms with Crippen LogP contribution >= 0.6 is 0 Å². The number of rotatable bonds is 6. The van der Waals surface area contributed by atoms with Crippen molar-refractivity contribution in [2.75, 3.05) is 44.8 Å². The van der Waals surface area contributed by atoms with E-state index in [4.69, 9.17) is 18.9 Å². The summed E-state index contributed by atoms with van der Waals surface area (Å²) in [5, 5.41) is 17.4. The van der Waals surface area contributed by atoms with Crippen LogP contribution in [0.25, 0.3) is 22.2 Å². The lowest BCUT2D eigenvalue weighted by Gasteiger charge is -2.23. The van der Waals surface area contributed by atoms with Gasteiger partial charge in [0, 0.05) is 16.5 Å². The molecule has 3 aliphatic rings. The molecule has 4 aromatic rings. The molecule has 11 heteroatoms. The lowest BCUT2D eigenvalue weighted by atomic mass is 10.1. The first-order valence-electron chi connectivity index (χ1n) is 13.7. The van der Waals surface area contributed by atoms with E-state index < -0.39 is 18.3 Å². The molecule has 206 valence electrons. The maximum atomic E-state index is 12.8. The minimum absolute atomic E-state index is 0.234. The Hall–Kier alpha value is -3.90. The number of fused-ring (bicyclic) bond motifs is 2. The third-order valence-corrected chi connectivity index (χ3v) is 7.94. The molecule has 40 heavy (non-hydrogen) atoms. The van der Waals surface area contributed by atoms with Crippen molar-refractivity contribution in [2.45, 2.75) is 30.9 Å². The molecule has 0 radical (unpaired) electrons. The van der Waals surface area contributed by atoms with Gasteiger partial charge < -0.3 is 23.8 Å². The Balaban J connectivity index is 1.01. The van der Waals surface area contributed by atoms with Crippen LogP contribution in [0.3, 0.4) is 0 Å². The molecule has 0 unspecified atom stereocenters. The van der Waals surface area contributed by atoms with Crippen LogP contribution in [0.2, 0.25) is 0 Å². The largest absolute Gasteiger partial charge is 0.441 e. The minimum Gasteiger partial charge on any atom is -0.441 e. The van der Waals surface area contributed by atoms with Crippen LogP contribution in [-0.2, 0) is 25.5 Å². The first kappa shape index (κ1) is 25.1. The molecule has 0 spiro atoms. The molecule has 4 heterocycles. The van der Waals surface area contributed by atoms with Gasteiger partial charge in [-0.1, -0.05) is 60.7 Å². The predicted molar refractivity (Wildman–Crippen MR) is 145 cm³/mol. The van der Waals surface area contributed by atoms with Crippen LogP contribution in [0.4, 0.5) is 10.5 Å². The van der Waals surface area contributed by atoms with E-state index in [0.717, 1.165) is 49.2 Å². The van der Waals surface area contributed by atoms with Gasteiger partial charge in [-0.15, -0.1) is 5.10 Å². The summed E-state index contributed by atoms with van der Waals surface area (Å²) in [6, 6.07) is 21.8. The predicted octanol–water partition coefficient (Wildman–Crippen LogP) is 1.86. The van der Waals surface area contributed by atoms with E-state index in [1.807, 2.05) is 42.5 Å². The molecular weight excluding hydrogens is 512 g/mol. The number of anilines is 1. The molecule has 3 aromatic carbocycles. The Bertz CT molecular complexity index is 1480. The van der Waals surface area contributed by atoms with Gasteiger partial charge in [0.1, 0.15) is 37.9 Å². The number of ether oxygens (including phenoxy) is 4. The molecule has 3 saturated heterocycles. The van der Waals surface area contributed by atoms with E-state index >= 15 is 0 Å². The van der Waals surface area contributed by atoms with Gasteiger partial charge in [-0.2, -0.15) is 0 Å². The highest BCUT2D eigenvalue weighted by atomic mass is 16.6. The Labute approximate surface area is 230 Å². The Morgan fingerprint density at radius 1 is 0.975 bits per heavy atom. The van der Waals surface area contributed by atoms with Crippen molar-refractivity contribution in [3.05, 3.63) is 72.3 Å². The zero-order chi connectivity index (χ0) is 26.9. The zero-order valence-electron chi connectivity index (χ0n) is 21.9. The van der Waals surface area contributed by atoms with Crippen molar-refractivity contribution < 1.29 is 28.6 Å². The average molecular weight is 544 g/mol. The summed E-state index contributed by atoms with van der Waals surface area (Å²) in [5.41, 5.74) is 2.89. The van der Waals surface area contributed by atoms with Gasteiger partial charge >= 0.3 is 6.09 Å². The molecule has 3 fully saturated rings. The number of nitrogens with zero attached hydrogens (tertiary/aromatic N) is 4. The SMILES string of the molecule is O=C(Nc1cccc2ccccc12)O[C@@H]1CO[C@H]2[C@@H]1OC[C@@H]2n1nnnc1-c1ccc(C[NH+]2CCOCC2)cc1. The van der Waals surface area contributed by atoms with Gasteiger partial charge in [-0.3, -0.25) is 5.32 Å². The second-order valence-corrected chi connectivity index (χ2v) is 10.4. The summed E-state index contributed by atoms with van der Waals surface area (Å²) >= 11 is 0. The summed E-state index contributed by atoms with van der Waals surface area (Å²) in [6.07, 6.45) is -1.81. The monoisotopic (exact) mass is 543 g/mol. The lowest BCUT2D eigenvalue weighted by Crippen LogP contribution is -3.12. The molecule has 2 N–H and O–H groups in total. The zero-order valence-corrected chi connectivity index (χ0v) is 21.9. The molecule has 7 rings (SSSR count). The smallest absolute Gasteiger partial charge is 0.412 e. The molecule has 0 saturated carbocycles. The Kier molecular flexibility index (Phi) is 6.86. The van der Waals surface area contributed by atoms with Crippen LogP contribution < -0.4 is 10.2 Å². The van der Waals surface area contributed by atoms with E-state index in [-0.39, 0.29) is 18.8 Å². The Morgan fingerprint density at radius 3 is 2.65 bits per heavy atom. The fourth-order valence-corrected chi connectivity index (χ4v) is 5.87. The molecule has 11 nitrogen and oxygen atoms in total. The number of carbonyl (C=O) groups is 1. The fraction of sp³-hybridized carbons (Fsp3) is 0.379. The van der Waals surface area contributed by atoms with E-state index in [1.165, 1.54) is 10.5 Å². The van der Waals surface area contributed by atoms with E-state index in [1.54, 1.807) is 4.68 Å². The number of nitrogens with one attached hydrogen (secondary N) is 2. The van der Waals surface area contributed by atoms with Gasteiger partial charge in [0.25, 0.3) is 0 Å². The first-order valence-corrected chi connectivity index (χ1v) is 13.7. The molecule has 0 aliphatic carbocycles. The highest BCUT2D eigenvalue weighted by molar-refractivity contribution is 6.00. The molecule has 3 aliphatic heterocycles. The number of tetrazole rings is 1. The van der Waals surface area contributed by atoms with Gasteiger partial charge in [0.2, 0.25) is 0 Å². The number of quaternary nitrogens is 1. The van der Waals surface area contributed by atoms with Crippen LogP contribution in [0, 0.1) is 0 Å². The normalized spacial score (nSPS) is 24.7. The summed E-state index contributed by atoms with van der Waals surface area (Å²) in [4.78, 5) is 14.3. The number of benzene rings is 3. The highest BCUT2D eigenvalue weighted by Crippen LogP contribution is 2.37. The van der Waals surface area contributed by atoms with E-state index in [9.17, 15) is 4.79 Å². The molecule has 0 bridgehead atoms. The summed E-state index contributed by atoms with van der Waals surface area (Å²) in [5.74, 6) is 0.654. The van der Waals surface area contributed by atoms with E-state index in [0.29, 0.717) is 18.1 Å². The highest BCUT2D eigenvalue weighted by Gasteiger charge is 2.51. The molecule has 1 amide bonds. The van der Waals surface area contributed by atoms with Crippen molar-refractivity contribution in [1.29, 1.82) is 0 Å². The topological polar surface area (TPSA) is 114 Å². The summed E-state index contributed by atoms with van der Waals surface area (Å²) < 4.78 is 25.2. The summed E-state index contributed by atoms with van der Waals surface area (Å²) in [7, 11) is 0. The van der Waals surface area contributed by atoms with Gasteiger partial charge in [-0.25, -0.2) is 9.48 Å². The Morgan fingerprint density at radius 2 is 1.77 bits per heavy atom. The van der Waals surface area contributed by atoms with Crippen molar-refractivity contribution in [2.24, 2.45) is 0 Å². The maximum Gasteiger partial charge on any atom is 0.412 e. The quantitative estimate of drug-likeness (QED) is 0.379. The van der Waals surface area contributed by atoms with E-state index in [2.05, 4.69) is 45.1 Å².